The topological polar surface area (TPSA) is 33.4 Å². The molecule has 0 saturated heterocycles. The van der Waals surface area contributed by atoms with Crippen LogP contribution in [-0.2, 0) is 6.42 Å². The molecule has 2 aromatic carbocycles. The summed E-state index contributed by atoms with van der Waals surface area (Å²) in [6.07, 6.45) is 0.313. The van der Waals surface area contributed by atoms with Gasteiger partial charge in [0.25, 0.3) is 0 Å². The lowest BCUT2D eigenvalue weighted by molar-refractivity contribution is 0.150. The van der Waals surface area contributed by atoms with Crippen LogP contribution in [0, 0.1) is 6.92 Å². The molecule has 0 fully saturated rings. The van der Waals surface area contributed by atoms with Crippen LogP contribution in [-0.4, -0.2) is 10.4 Å². The van der Waals surface area contributed by atoms with Gasteiger partial charge in [-0.25, -0.2) is 0 Å². The summed E-state index contributed by atoms with van der Waals surface area (Å²) in [4.78, 5) is 1.27. The summed E-state index contributed by atoms with van der Waals surface area (Å²) < 4.78 is 5.83. The molecule has 1 N–H and O–H groups in total. The molecule has 0 amide bonds. The highest BCUT2D eigenvalue weighted by Crippen LogP contribution is 2.43. The van der Waals surface area contributed by atoms with Crippen molar-refractivity contribution in [2.24, 2.45) is 0 Å². The molecular formula is C18H16O2S. The molecule has 2 unspecified atom stereocenters. The molecule has 4 rings (SSSR count). The van der Waals surface area contributed by atoms with Gasteiger partial charge in [-0.3, -0.25) is 0 Å². The first-order valence-electron chi connectivity index (χ1n) is 7.13. The number of rotatable bonds is 2. The second kappa shape index (κ2) is 4.93. The smallest absolute Gasteiger partial charge is 0.134 e. The van der Waals surface area contributed by atoms with Crippen molar-refractivity contribution in [3.8, 4) is 0 Å². The minimum Gasteiger partial charge on any atom is -0.458 e. The number of aliphatic hydroxyl groups excluding tert-OH is 1. The van der Waals surface area contributed by atoms with Crippen LogP contribution >= 0.6 is 11.8 Å². The Morgan fingerprint density at radius 3 is 2.90 bits per heavy atom. The maximum Gasteiger partial charge on any atom is 0.134 e. The monoisotopic (exact) mass is 296 g/mol. The number of fused-ring (bicyclic) bond motifs is 2. The van der Waals surface area contributed by atoms with Gasteiger partial charge in [0.15, 0.2) is 0 Å². The third-order valence-corrected chi connectivity index (χ3v) is 5.39. The quantitative estimate of drug-likeness (QED) is 0.756. The molecule has 2 nitrogen and oxygen atoms in total. The molecule has 21 heavy (non-hydrogen) atoms. The molecular weight excluding hydrogens is 280 g/mol. The fraction of sp³-hybridized carbons (Fsp3) is 0.222. The number of hydrogen-bond donors (Lipinski definition) is 1. The Bertz CT molecular complexity index is 781. The van der Waals surface area contributed by atoms with Gasteiger partial charge in [-0.15, -0.1) is 11.8 Å². The number of benzene rings is 2. The van der Waals surface area contributed by atoms with E-state index >= 15 is 0 Å². The van der Waals surface area contributed by atoms with Crippen LogP contribution < -0.4 is 0 Å². The van der Waals surface area contributed by atoms with E-state index in [1.165, 1.54) is 16.0 Å². The Kier molecular flexibility index (Phi) is 3.05. The highest BCUT2D eigenvalue weighted by atomic mass is 32.2. The molecule has 3 heteroatoms. The summed E-state index contributed by atoms with van der Waals surface area (Å²) >= 11 is 1.74. The lowest BCUT2D eigenvalue weighted by atomic mass is 10.1. The predicted octanol–water partition coefficient (Wildman–Crippen LogP) is 4.49. The van der Waals surface area contributed by atoms with E-state index in [-0.39, 0.29) is 5.25 Å². The van der Waals surface area contributed by atoms with Crippen molar-refractivity contribution in [2.75, 3.05) is 0 Å². The largest absolute Gasteiger partial charge is 0.458 e. The Balaban J connectivity index is 1.64. The fourth-order valence-electron chi connectivity index (χ4n) is 2.90. The average molecular weight is 296 g/mol. The molecule has 1 aliphatic rings. The molecule has 0 spiro atoms. The lowest BCUT2D eigenvalue weighted by Gasteiger charge is -2.14. The van der Waals surface area contributed by atoms with Crippen molar-refractivity contribution >= 4 is 22.7 Å². The molecule has 1 aliphatic heterocycles. The molecule has 0 saturated carbocycles. The third kappa shape index (κ3) is 2.27. The van der Waals surface area contributed by atoms with E-state index in [9.17, 15) is 5.11 Å². The average Bonchev–Trinajstić information content (AvgIpc) is 3.09. The fourth-order valence-corrected chi connectivity index (χ4v) is 4.21. The van der Waals surface area contributed by atoms with E-state index in [1.54, 1.807) is 11.8 Å². The predicted molar refractivity (Wildman–Crippen MR) is 85.7 cm³/mol. The van der Waals surface area contributed by atoms with Crippen LogP contribution in [0.3, 0.4) is 0 Å². The first kappa shape index (κ1) is 13.0. The highest BCUT2D eigenvalue weighted by Gasteiger charge is 2.31. The minimum absolute atomic E-state index is 0.129. The minimum atomic E-state index is -0.574. The van der Waals surface area contributed by atoms with E-state index in [2.05, 4.69) is 31.2 Å². The zero-order chi connectivity index (χ0) is 14.4. The molecule has 2 atom stereocenters. The summed E-state index contributed by atoms with van der Waals surface area (Å²) in [5.41, 5.74) is 3.36. The number of furan rings is 1. The van der Waals surface area contributed by atoms with E-state index < -0.39 is 6.10 Å². The summed E-state index contributed by atoms with van der Waals surface area (Å²) in [5.74, 6) is 0.668. The summed E-state index contributed by atoms with van der Waals surface area (Å²) in [5, 5.41) is 11.8. The van der Waals surface area contributed by atoms with Crippen LogP contribution in [0.1, 0.15) is 23.0 Å². The lowest BCUT2D eigenvalue weighted by Crippen LogP contribution is -2.13. The Hall–Kier alpha value is -1.71. The van der Waals surface area contributed by atoms with Crippen LogP contribution in [0.25, 0.3) is 11.0 Å². The van der Waals surface area contributed by atoms with Gasteiger partial charge in [-0.1, -0.05) is 29.8 Å². The molecule has 1 aromatic heterocycles. The maximum absolute atomic E-state index is 10.6. The van der Waals surface area contributed by atoms with E-state index in [4.69, 9.17) is 4.42 Å². The summed E-state index contributed by atoms with van der Waals surface area (Å²) in [6, 6.07) is 16.4. The Morgan fingerprint density at radius 1 is 1.19 bits per heavy atom. The van der Waals surface area contributed by atoms with Gasteiger partial charge in [0, 0.05) is 15.5 Å². The highest BCUT2D eigenvalue weighted by molar-refractivity contribution is 8.00. The van der Waals surface area contributed by atoms with Crippen molar-refractivity contribution in [2.45, 2.75) is 29.6 Å². The van der Waals surface area contributed by atoms with Gasteiger partial charge in [0.1, 0.15) is 17.4 Å². The van der Waals surface area contributed by atoms with Crippen LogP contribution in [0.15, 0.2) is 57.8 Å². The maximum atomic E-state index is 10.6. The van der Waals surface area contributed by atoms with Crippen molar-refractivity contribution in [3.05, 3.63) is 65.4 Å². The number of thioether (sulfide) groups is 1. The van der Waals surface area contributed by atoms with Crippen molar-refractivity contribution in [1.82, 2.24) is 0 Å². The zero-order valence-electron chi connectivity index (χ0n) is 11.7. The molecule has 3 aromatic rings. The van der Waals surface area contributed by atoms with Crippen LogP contribution in [0.5, 0.6) is 0 Å². The van der Waals surface area contributed by atoms with Gasteiger partial charge >= 0.3 is 0 Å². The van der Waals surface area contributed by atoms with Gasteiger partial charge in [0.2, 0.25) is 0 Å². The van der Waals surface area contributed by atoms with Crippen molar-refractivity contribution in [1.29, 1.82) is 0 Å². The second-order valence-corrected chi connectivity index (χ2v) is 6.88. The first-order valence-corrected chi connectivity index (χ1v) is 8.01. The van der Waals surface area contributed by atoms with Crippen LogP contribution in [0.2, 0.25) is 0 Å². The van der Waals surface area contributed by atoms with Crippen LogP contribution in [0.4, 0.5) is 0 Å². The van der Waals surface area contributed by atoms with Gasteiger partial charge in [-0.2, -0.15) is 0 Å². The standard InChI is InChI=1S/C18H16O2S/c1-11-6-7-14-13(8-11)9-15(20-14)18(19)17-10-12-4-2-3-5-16(12)21-17/h2-9,17-19H,10H2,1H3. The molecule has 0 aliphatic carbocycles. The zero-order valence-corrected chi connectivity index (χ0v) is 12.6. The van der Waals surface area contributed by atoms with Gasteiger partial charge < -0.3 is 9.52 Å². The molecule has 2 heterocycles. The van der Waals surface area contributed by atoms with E-state index in [0.717, 1.165) is 17.4 Å². The SMILES string of the molecule is Cc1ccc2oc(C(O)C3Cc4ccccc4S3)cc2c1. The van der Waals surface area contributed by atoms with Crippen molar-refractivity contribution in [3.63, 3.8) is 0 Å². The Morgan fingerprint density at radius 2 is 2.05 bits per heavy atom. The van der Waals surface area contributed by atoms with E-state index in [0.29, 0.717) is 5.76 Å². The normalized spacial score (nSPS) is 18.9. The van der Waals surface area contributed by atoms with E-state index in [1.807, 2.05) is 24.3 Å². The first-order chi connectivity index (χ1) is 10.2. The van der Waals surface area contributed by atoms with Crippen molar-refractivity contribution < 1.29 is 9.52 Å². The second-order valence-electron chi connectivity index (χ2n) is 5.60. The Labute approximate surface area is 127 Å². The number of aryl methyl sites for hydroxylation is 1. The molecule has 0 radical (unpaired) electrons. The van der Waals surface area contributed by atoms with Gasteiger partial charge in [-0.05, 0) is 43.2 Å². The number of aliphatic hydroxyl groups is 1. The third-order valence-electron chi connectivity index (χ3n) is 4.01. The van der Waals surface area contributed by atoms with Gasteiger partial charge in [0.05, 0.1) is 0 Å². The molecule has 0 bridgehead atoms. The summed E-state index contributed by atoms with van der Waals surface area (Å²) in [6.45, 7) is 2.06. The molecule has 106 valence electrons. The summed E-state index contributed by atoms with van der Waals surface area (Å²) in [7, 11) is 0. The number of hydrogen-bond acceptors (Lipinski definition) is 3.